The maximum Gasteiger partial charge on any atom is 0.340 e. The maximum absolute atomic E-state index is 13.4. The number of sulfonamides is 1. The van der Waals surface area contributed by atoms with Crippen molar-refractivity contribution in [1.29, 1.82) is 0 Å². The number of nitrogens with zero attached hydrogens (tertiary/aromatic N) is 1. The molecule has 2 bridgehead atoms. The summed E-state index contributed by atoms with van der Waals surface area (Å²) in [6.45, 7) is 4.86. The molecule has 1 spiro atoms. The Hall–Kier alpha value is -3.08. The van der Waals surface area contributed by atoms with E-state index in [1.807, 2.05) is 12.1 Å². The van der Waals surface area contributed by atoms with Crippen molar-refractivity contribution in [3.8, 4) is 5.75 Å². The molecule has 0 saturated heterocycles. The Labute approximate surface area is 270 Å². The number of carbonyl (C=O) groups is 2. The lowest BCUT2D eigenvalue weighted by molar-refractivity contribution is -0.170. The van der Waals surface area contributed by atoms with Gasteiger partial charge in [0.15, 0.2) is 5.60 Å². The predicted molar refractivity (Wildman–Crippen MR) is 173 cm³/mol. The molecule has 45 heavy (non-hydrogen) atoms. The zero-order valence-corrected chi connectivity index (χ0v) is 27.5. The van der Waals surface area contributed by atoms with Crippen molar-refractivity contribution < 1.29 is 32.6 Å². The van der Waals surface area contributed by atoms with Crippen LogP contribution < -0.4 is 14.4 Å². The molecule has 2 aromatic carbocycles. The molecule has 4 aliphatic rings. The first-order chi connectivity index (χ1) is 21.4. The van der Waals surface area contributed by atoms with Gasteiger partial charge >= 0.3 is 5.97 Å². The van der Waals surface area contributed by atoms with Gasteiger partial charge in [0.2, 0.25) is 10.0 Å². The monoisotopic (exact) mass is 656 g/mol. The summed E-state index contributed by atoms with van der Waals surface area (Å²) in [6.07, 6.45) is 7.92. The second kappa shape index (κ2) is 11.9. The zero-order chi connectivity index (χ0) is 32.1. The summed E-state index contributed by atoms with van der Waals surface area (Å²) in [5.41, 5.74) is 1.38. The number of rotatable bonds is 2. The Morgan fingerprint density at radius 1 is 1.18 bits per heavy atom. The lowest BCUT2D eigenvalue weighted by Gasteiger charge is -2.48. The minimum atomic E-state index is -4.03. The van der Waals surface area contributed by atoms with Crippen molar-refractivity contribution in [1.82, 2.24) is 4.72 Å². The molecule has 1 unspecified atom stereocenters. The minimum Gasteiger partial charge on any atom is -0.490 e. The van der Waals surface area contributed by atoms with Gasteiger partial charge in [-0.3, -0.25) is 4.79 Å². The largest absolute Gasteiger partial charge is 0.490 e. The van der Waals surface area contributed by atoms with Crippen LogP contribution in [0.4, 0.5) is 5.69 Å². The first-order valence-electron chi connectivity index (χ1n) is 15.7. The van der Waals surface area contributed by atoms with E-state index in [0.717, 1.165) is 25.7 Å². The van der Waals surface area contributed by atoms with Crippen LogP contribution in [0.3, 0.4) is 0 Å². The number of methoxy groups -OCH3 is 1. The van der Waals surface area contributed by atoms with Crippen molar-refractivity contribution in [3.05, 3.63) is 70.3 Å². The van der Waals surface area contributed by atoms with E-state index in [1.165, 1.54) is 18.2 Å². The van der Waals surface area contributed by atoms with Crippen LogP contribution in [0.15, 0.2) is 48.6 Å². The van der Waals surface area contributed by atoms with Crippen LogP contribution in [0.2, 0.25) is 5.02 Å². The molecule has 6 rings (SSSR count). The molecule has 2 aromatic rings. The van der Waals surface area contributed by atoms with Gasteiger partial charge in [-0.2, -0.15) is 0 Å². The average molecular weight is 657 g/mol. The summed E-state index contributed by atoms with van der Waals surface area (Å²) in [5, 5.41) is 10.3. The number of aliphatic carboxylic acids is 1. The number of carboxylic acids is 1. The SMILES string of the molecule is COC1(C(=O)O)/C=C/C[C@H](C)[C@@H](C)S(=O)(=O)NC(=O)c2ccc3c(c2)N(C[C@@H]2CC[C@H]21)C[C@@]1(CCCc2cc(Cl)ccc21)CO3. The van der Waals surface area contributed by atoms with Gasteiger partial charge in [0, 0.05) is 42.1 Å². The molecule has 9 nitrogen and oxygen atoms in total. The summed E-state index contributed by atoms with van der Waals surface area (Å²) >= 11 is 6.39. The Morgan fingerprint density at radius 3 is 2.69 bits per heavy atom. The average Bonchev–Trinajstić information content (AvgIpc) is 3.14. The molecule has 1 amide bonds. The van der Waals surface area contributed by atoms with Gasteiger partial charge in [-0.25, -0.2) is 17.9 Å². The van der Waals surface area contributed by atoms with E-state index < -0.39 is 32.8 Å². The van der Waals surface area contributed by atoms with E-state index in [1.54, 1.807) is 44.2 Å². The highest BCUT2D eigenvalue weighted by molar-refractivity contribution is 7.90. The van der Waals surface area contributed by atoms with Gasteiger partial charge in [-0.1, -0.05) is 30.7 Å². The number of halogens is 1. The third-order valence-electron chi connectivity index (χ3n) is 10.8. The number of allylic oxidation sites excluding steroid dienone is 1. The van der Waals surface area contributed by atoms with Crippen molar-refractivity contribution in [3.63, 3.8) is 0 Å². The van der Waals surface area contributed by atoms with Crippen LogP contribution in [-0.2, 0) is 31.4 Å². The molecule has 1 fully saturated rings. The first kappa shape index (κ1) is 31.9. The molecule has 242 valence electrons. The number of carbonyl (C=O) groups excluding carboxylic acids is 1. The quantitative estimate of drug-likeness (QED) is 0.415. The minimum absolute atomic E-state index is 0.0101. The van der Waals surface area contributed by atoms with Crippen LogP contribution in [0.25, 0.3) is 0 Å². The molecule has 2 aliphatic carbocycles. The molecular weight excluding hydrogens is 616 g/mol. The van der Waals surface area contributed by atoms with Crippen LogP contribution in [0, 0.1) is 17.8 Å². The molecule has 2 heterocycles. The van der Waals surface area contributed by atoms with E-state index in [0.29, 0.717) is 49.0 Å². The molecule has 11 heteroatoms. The third-order valence-corrected chi connectivity index (χ3v) is 12.9. The van der Waals surface area contributed by atoms with Crippen molar-refractivity contribution in [2.75, 3.05) is 31.7 Å². The van der Waals surface area contributed by atoms with Crippen LogP contribution in [-0.4, -0.2) is 63.1 Å². The fourth-order valence-electron chi connectivity index (χ4n) is 7.79. The molecule has 6 atom stereocenters. The maximum atomic E-state index is 13.4. The van der Waals surface area contributed by atoms with Gasteiger partial charge in [0.05, 0.1) is 17.5 Å². The van der Waals surface area contributed by atoms with Crippen LogP contribution in [0.5, 0.6) is 5.75 Å². The lowest BCUT2D eigenvalue weighted by atomic mass is 9.63. The molecule has 2 aliphatic heterocycles. The predicted octanol–water partition coefficient (Wildman–Crippen LogP) is 5.35. The number of nitrogens with one attached hydrogen (secondary N) is 1. The first-order valence-corrected chi connectivity index (χ1v) is 17.6. The van der Waals surface area contributed by atoms with E-state index in [9.17, 15) is 23.1 Å². The van der Waals surface area contributed by atoms with Crippen molar-refractivity contribution >= 4 is 39.2 Å². The number of amides is 1. The highest BCUT2D eigenvalue weighted by Crippen LogP contribution is 2.49. The number of hydrogen-bond donors (Lipinski definition) is 2. The molecule has 0 radical (unpaired) electrons. The number of hydrogen-bond acceptors (Lipinski definition) is 7. The number of ether oxygens (including phenoxy) is 2. The summed E-state index contributed by atoms with van der Waals surface area (Å²) in [4.78, 5) is 28.5. The zero-order valence-electron chi connectivity index (χ0n) is 25.9. The highest BCUT2D eigenvalue weighted by Gasteiger charge is 2.53. The topological polar surface area (TPSA) is 122 Å². The molecule has 0 aromatic heterocycles. The Bertz CT molecular complexity index is 1640. The normalized spacial score (nSPS) is 33.4. The van der Waals surface area contributed by atoms with Crippen LogP contribution in [0.1, 0.15) is 67.4 Å². The number of benzene rings is 2. The van der Waals surface area contributed by atoms with Gasteiger partial charge in [0.1, 0.15) is 5.75 Å². The summed E-state index contributed by atoms with van der Waals surface area (Å²) in [5.74, 6) is -1.85. The van der Waals surface area contributed by atoms with Crippen LogP contribution >= 0.6 is 11.6 Å². The second-order valence-electron chi connectivity index (χ2n) is 13.3. The van der Waals surface area contributed by atoms with Gasteiger partial charge < -0.3 is 19.5 Å². The van der Waals surface area contributed by atoms with Gasteiger partial charge in [0.25, 0.3) is 5.91 Å². The number of fused-ring (bicyclic) bond motifs is 4. The summed E-state index contributed by atoms with van der Waals surface area (Å²) in [7, 11) is -2.60. The summed E-state index contributed by atoms with van der Waals surface area (Å²) < 4.78 is 41.2. The number of anilines is 1. The van der Waals surface area contributed by atoms with E-state index in [-0.39, 0.29) is 28.7 Å². The molecule has 2 N–H and O–H groups in total. The number of aryl methyl sites for hydroxylation is 1. The van der Waals surface area contributed by atoms with E-state index in [2.05, 4.69) is 15.7 Å². The Balaban J connectivity index is 1.47. The Kier molecular flexibility index (Phi) is 8.46. The standard InChI is InChI=1S/C34H41ClN2O7S/c1-21-6-4-15-34(43-3,32(39)40)28-11-8-25(28)18-37-19-33(14-5-7-23-16-26(35)10-12-27(23)33)20-44-30-13-9-24(17-29(30)37)31(38)36-45(41,42)22(21)2/h4,9-10,12-13,15-17,21-22,25,28H,5-8,11,14,18-20H2,1-3H3,(H,36,38)(H,39,40)/b15-4+/t21-,22+,25-,28+,33-,34?/m0/s1. The molecule has 1 saturated carbocycles. The fraction of sp³-hybridized carbons (Fsp3) is 0.529. The highest BCUT2D eigenvalue weighted by atomic mass is 35.5. The van der Waals surface area contributed by atoms with Crippen molar-refractivity contribution in [2.24, 2.45) is 17.8 Å². The van der Waals surface area contributed by atoms with Gasteiger partial charge in [-0.15, -0.1) is 0 Å². The van der Waals surface area contributed by atoms with E-state index >= 15 is 0 Å². The van der Waals surface area contributed by atoms with E-state index in [4.69, 9.17) is 21.1 Å². The van der Waals surface area contributed by atoms with Gasteiger partial charge in [-0.05, 0) is 105 Å². The fourth-order valence-corrected chi connectivity index (χ4v) is 9.27. The lowest BCUT2D eigenvalue weighted by Crippen LogP contribution is -2.56. The third kappa shape index (κ3) is 5.63. The Morgan fingerprint density at radius 2 is 1.98 bits per heavy atom. The molecular formula is C34H41ClN2O7S. The second-order valence-corrected chi connectivity index (χ2v) is 15.8. The summed E-state index contributed by atoms with van der Waals surface area (Å²) in [6, 6.07) is 11.1. The van der Waals surface area contributed by atoms with Crippen molar-refractivity contribution in [2.45, 2.75) is 68.6 Å². The smallest absolute Gasteiger partial charge is 0.340 e. The number of carboxylic acid groups (broad SMARTS) is 1.